The second kappa shape index (κ2) is 6.53. The van der Waals surface area contributed by atoms with Crippen LogP contribution < -0.4 is 0 Å². The highest BCUT2D eigenvalue weighted by atomic mass is 19.1. The summed E-state index contributed by atoms with van der Waals surface area (Å²) in [7, 11) is 0. The third-order valence-corrected chi connectivity index (χ3v) is 4.36. The van der Waals surface area contributed by atoms with E-state index in [9.17, 15) is 8.78 Å². The summed E-state index contributed by atoms with van der Waals surface area (Å²) in [4.78, 5) is 6.63. The number of pyridine rings is 1. The average molecular weight is 302 g/mol. The first kappa shape index (κ1) is 15.1. The van der Waals surface area contributed by atoms with Crippen molar-refractivity contribution in [1.29, 1.82) is 0 Å². The zero-order valence-electron chi connectivity index (χ0n) is 12.7. The molecule has 0 bridgehead atoms. The molecule has 0 N–H and O–H groups in total. The second-order valence-corrected chi connectivity index (χ2v) is 6.02. The lowest BCUT2D eigenvalue weighted by atomic mass is 10.0. The van der Waals surface area contributed by atoms with Crippen molar-refractivity contribution in [3.05, 3.63) is 53.9 Å². The largest absolute Gasteiger partial charge is 0.296 e. The van der Waals surface area contributed by atoms with E-state index >= 15 is 0 Å². The Morgan fingerprint density at radius 2 is 2.05 bits per heavy atom. The molecule has 0 aliphatic carbocycles. The molecule has 2 heterocycles. The fraction of sp³-hybridized carbons (Fsp3) is 0.389. The number of aromatic nitrogens is 1. The van der Waals surface area contributed by atoms with Gasteiger partial charge in [0.05, 0.1) is 0 Å². The Hall–Kier alpha value is -1.81. The Balaban J connectivity index is 1.84. The normalized spacial score (nSPS) is 19.3. The fourth-order valence-electron chi connectivity index (χ4n) is 3.07. The van der Waals surface area contributed by atoms with E-state index in [1.165, 1.54) is 25.3 Å². The molecule has 2 aromatic rings. The van der Waals surface area contributed by atoms with Crippen LogP contribution in [0.2, 0.25) is 0 Å². The summed E-state index contributed by atoms with van der Waals surface area (Å²) in [6, 6.07) is 5.98. The van der Waals surface area contributed by atoms with Gasteiger partial charge in [-0.05, 0) is 56.1 Å². The first-order valence-electron chi connectivity index (χ1n) is 7.77. The van der Waals surface area contributed by atoms with Gasteiger partial charge >= 0.3 is 0 Å². The van der Waals surface area contributed by atoms with Gasteiger partial charge in [-0.1, -0.05) is 6.42 Å². The highest BCUT2D eigenvalue weighted by Gasteiger charge is 2.18. The summed E-state index contributed by atoms with van der Waals surface area (Å²) >= 11 is 0. The smallest absolute Gasteiger partial charge is 0.131 e. The molecule has 22 heavy (non-hydrogen) atoms. The zero-order chi connectivity index (χ0) is 15.5. The molecule has 1 aliphatic heterocycles. The van der Waals surface area contributed by atoms with E-state index < -0.39 is 11.6 Å². The molecule has 0 saturated carbocycles. The number of piperidine rings is 1. The maximum Gasteiger partial charge on any atom is 0.131 e. The van der Waals surface area contributed by atoms with E-state index in [1.54, 1.807) is 6.20 Å². The molecule has 116 valence electrons. The minimum absolute atomic E-state index is 0.265. The van der Waals surface area contributed by atoms with Crippen molar-refractivity contribution in [1.82, 2.24) is 9.88 Å². The van der Waals surface area contributed by atoms with Crippen LogP contribution >= 0.6 is 0 Å². The maximum atomic E-state index is 13.9. The van der Waals surface area contributed by atoms with Gasteiger partial charge in [-0.3, -0.25) is 9.88 Å². The van der Waals surface area contributed by atoms with Crippen molar-refractivity contribution in [2.75, 3.05) is 6.54 Å². The number of hydrogen-bond donors (Lipinski definition) is 0. The predicted molar refractivity (Wildman–Crippen MR) is 83.3 cm³/mol. The molecule has 1 aromatic heterocycles. The van der Waals surface area contributed by atoms with Crippen LogP contribution in [0, 0.1) is 11.6 Å². The minimum atomic E-state index is -0.438. The molecule has 0 amide bonds. The Kier molecular flexibility index (Phi) is 4.48. The Morgan fingerprint density at radius 3 is 2.86 bits per heavy atom. The number of likely N-dealkylation sites (tertiary alicyclic amines) is 1. The quantitative estimate of drug-likeness (QED) is 0.835. The molecule has 1 atom stereocenters. The van der Waals surface area contributed by atoms with Crippen LogP contribution in [-0.4, -0.2) is 22.5 Å². The van der Waals surface area contributed by atoms with Crippen LogP contribution in [0.1, 0.15) is 31.7 Å². The lowest BCUT2D eigenvalue weighted by Gasteiger charge is -2.33. The van der Waals surface area contributed by atoms with Crippen LogP contribution in [-0.2, 0) is 6.54 Å². The summed E-state index contributed by atoms with van der Waals surface area (Å²) in [6.45, 7) is 4.13. The summed E-state index contributed by atoms with van der Waals surface area (Å²) < 4.78 is 27.3. The summed E-state index contributed by atoms with van der Waals surface area (Å²) in [5.41, 5.74) is 1.93. The predicted octanol–water partition coefficient (Wildman–Crippen LogP) is 4.40. The fourth-order valence-corrected chi connectivity index (χ4v) is 3.07. The van der Waals surface area contributed by atoms with Crippen LogP contribution in [0.5, 0.6) is 0 Å². The first-order chi connectivity index (χ1) is 10.6. The molecule has 2 nitrogen and oxygen atoms in total. The van der Waals surface area contributed by atoms with Gasteiger partial charge in [-0.15, -0.1) is 0 Å². The third-order valence-electron chi connectivity index (χ3n) is 4.36. The highest BCUT2D eigenvalue weighted by Crippen LogP contribution is 2.25. The topological polar surface area (TPSA) is 16.1 Å². The Labute approximate surface area is 129 Å². The summed E-state index contributed by atoms with van der Waals surface area (Å²) in [5.74, 6) is -0.863. The van der Waals surface area contributed by atoms with Gasteiger partial charge in [0.25, 0.3) is 0 Å². The number of benzene rings is 1. The van der Waals surface area contributed by atoms with Crippen molar-refractivity contribution < 1.29 is 8.78 Å². The number of hydrogen-bond acceptors (Lipinski definition) is 2. The molecule has 3 rings (SSSR count). The van der Waals surface area contributed by atoms with Crippen molar-refractivity contribution in [2.24, 2.45) is 0 Å². The Morgan fingerprint density at radius 1 is 1.18 bits per heavy atom. The number of nitrogens with zero attached hydrogens (tertiary/aromatic N) is 2. The maximum absolute atomic E-state index is 13.9. The summed E-state index contributed by atoms with van der Waals surface area (Å²) in [5, 5.41) is 0. The van der Waals surface area contributed by atoms with Crippen molar-refractivity contribution >= 4 is 0 Å². The highest BCUT2D eigenvalue weighted by molar-refractivity contribution is 5.63. The zero-order valence-corrected chi connectivity index (χ0v) is 12.7. The van der Waals surface area contributed by atoms with Crippen molar-refractivity contribution in [2.45, 2.75) is 38.8 Å². The standard InChI is InChI=1S/C18H20F2N2/c1-13-4-2-3-7-22(13)12-14-8-15(11-21-10-14)17-9-16(19)5-6-18(17)20/h5-6,8-11,13H,2-4,7,12H2,1H3/t13-/m0/s1. The Bertz CT molecular complexity index is 657. The third kappa shape index (κ3) is 3.33. The van der Waals surface area contributed by atoms with Gasteiger partial charge < -0.3 is 0 Å². The van der Waals surface area contributed by atoms with Gasteiger partial charge in [-0.2, -0.15) is 0 Å². The van der Waals surface area contributed by atoms with Crippen molar-refractivity contribution in [3.8, 4) is 11.1 Å². The molecule has 0 unspecified atom stereocenters. The van der Waals surface area contributed by atoms with E-state index in [0.717, 1.165) is 30.8 Å². The van der Waals surface area contributed by atoms with E-state index in [1.807, 2.05) is 12.3 Å². The molecule has 1 aliphatic rings. The van der Waals surface area contributed by atoms with Crippen LogP contribution in [0.15, 0.2) is 36.7 Å². The van der Waals surface area contributed by atoms with E-state index in [4.69, 9.17) is 0 Å². The first-order valence-corrected chi connectivity index (χ1v) is 7.77. The molecular formula is C18H20F2N2. The summed E-state index contributed by atoms with van der Waals surface area (Å²) in [6.07, 6.45) is 7.11. The van der Waals surface area contributed by atoms with E-state index in [2.05, 4.69) is 16.8 Å². The monoisotopic (exact) mass is 302 g/mol. The molecule has 1 fully saturated rings. The van der Waals surface area contributed by atoms with Crippen molar-refractivity contribution in [3.63, 3.8) is 0 Å². The average Bonchev–Trinajstić information content (AvgIpc) is 2.52. The number of halogens is 2. The van der Waals surface area contributed by atoms with Crippen LogP contribution in [0.25, 0.3) is 11.1 Å². The molecule has 1 aromatic carbocycles. The van der Waals surface area contributed by atoms with Gasteiger partial charge in [-0.25, -0.2) is 8.78 Å². The molecule has 4 heteroatoms. The second-order valence-electron chi connectivity index (χ2n) is 6.02. The molecule has 0 radical (unpaired) electrons. The molecule has 0 spiro atoms. The molecule has 1 saturated heterocycles. The van der Waals surface area contributed by atoms with Gasteiger partial charge in [0, 0.05) is 36.1 Å². The van der Waals surface area contributed by atoms with Gasteiger partial charge in [0.15, 0.2) is 0 Å². The van der Waals surface area contributed by atoms with E-state index in [0.29, 0.717) is 11.6 Å². The molecular weight excluding hydrogens is 282 g/mol. The van der Waals surface area contributed by atoms with Crippen LogP contribution in [0.3, 0.4) is 0 Å². The SMILES string of the molecule is C[C@H]1CCCCN1Cc1cncc(-c2cc(F)ccc2F)c1. The van der Waals surface area contributed by atoms with Gasteiger partial charge in [0.2, 0.25) is 0 Å². The van der Waals surface area contributed by atoms with Gasteiger partial charge in [0.1, 0.15) is 11.6 Å². The lowest BCUT2D eigenvalue weighted by molar-refractivity contribution is 0.152. The minimum Gasteiger partial charge on any atom is -0.296 e. The van der Waals surface area contributed by atoms with E-state index in [-0.39, 0.29) is 5.56 Å². The lowest BCUT2D eigenvalue weighted by Crippen LogP contribution is -2.36. The number of rotatable bonds is 3. The van der Waals surface area contributed by atoms with Crippen LogP contribution in [0.4, 0.5) is 8.78 Å².